The standard InChI is InChI=1S/C13H19NO/c1-10(14-12-6-4-7-12)11-5-3-8-13(9-11)15-2/h3,5,8-10,12,14H,4,6-7H2,1-2H3. The van der Waals surface area contributed by atoms with Gasteiger partial charge in [0, 0.05) is 12.1 Å². The SMILES string of the molecule is COc1cccc(C(C)NC2CCC2)c1. The number of benzene rings is 1. The van der Waals surface area contributed by atoms with E-state index in [1.807, 2.05) is 12.1 Å². The first-order valence-electron chi connectivity index (χ1n) is 5.69. The van der Waals surface area contributed by atoms with Crippen molar-refractivity contribution in [2.45, 2.75) is 38.3 Å². The van der Waals surface area contributed by atoms with Crippen molar-refractivity contribution in [3.05, 3.63) is 29.8 Å². The monoisotopic (exact) mass is 205 g/mol. The van der Waals surface area contributed by atoms with E-state index < -0.39 is 0 Å². The fourth-order valence-electron chi connectivity index (χ4n) is 1.94. The molecular formula is C13H19NO. The lowest BCUT2D eigenvalue weighted by molar-refractivity contribution is 0.313. The van der Waals surface area contributed by atoms with E-state index in [2.05, 4.69) is 24.4 Å². The smallest absolute Gasteiger partial charge is 0.119 e. The number of rotatable bonds is 4. The van der Waals surface area contributed by atoms with E-state index in [-0.39, 0.29) is 0 Å². The van der Waals surface area contributed by atoms with Gasteiger partial charge in [-0.05, 0) is 37.5 Å². The Labute approximate surface area is 91.6 Å². The summed E-state index contributed by atoms with van der Waals surface area (Å²) in [4.78, 5) is 0. The maximum Gasteiger partial charge on any atom is 0.119 e. The molecule has 0 heterocycles. The summed E-state index contributed by atoms with van der Waals surface area (Å²) in [7, 11) is 1.71. The molecule has 15 heavy (non-hydrogen) atoms. The Hall–Kier alpha value is -1.02. The van der Waals surface area contributed by atoms with Gasteiger partial charge in [-0.25, -0.2) is 0 Å². The van der Waals surface area contributed by atoms with E-state index in [4.69, 9.17) is 4.74 Å². The third kappa shape index (κ3) is 2.51. The van der Waals surface area contributed by atoms with Crippen LogP contribution in [0.25, 0.3) is 0 Å². The number of methoxy groups -OCH3 is 1. The van der Waals surface area contributed by atoms with Crippen LogP contribution in [0.15, 0.2) is 24.3 Å². The van der Waals surface area contributed by atoms with E-state index in [1.165, 1.54) is 24.8 Å². The molecule has 1 saturated carbocycles. The second kappa shape index (κ2) is 4.67. The zero-order chi connectivity index (χ0) is 10.7. The first kappa shape index (κ1) is 10.5. The molecule has 0 bridgehead atoms. The van der Waals surface area contributed by atoms with Crippen molar-refractivity contribution in [2.75, 3.05) is 7.11 Å². The van der Waals surface area contributed by atoms with E-state index >= 15 is 0 Å². The molecular weight excluding hydrogens is 186 g/mol. The zero-order valence-corrected chi connectivity index (χ0v) is 9.49. The number of hydrogen-bond acceptors (Lipinski definition) is 2. The Kier molecular flexibility index (Phi) is 3.27. The maximum absolute atomic E-state index is 5.22. The minimum absolute atomic E-state index is 0.422. The average Bonchev–Trinajstić information content (AvgIpc) is 2.23. The van der Waals surface area contributed by atoms with Crippen molar-refractivity contribution in [2.24, 2.45) is 0 Å². The van der Waals surface area contributed by atoms with Crippen molar-refractivity contribution in [3.63, 3.8) is 0 Å². The molecule has 0 saturated heterocycles. The van der Waals surface area contributed by atoms with Crippen LogP contribution in [0.5, 0.6) is 5.75 Å². The van der Waals surface area contributed by atoms with Gasteiger partial charge < -0.3 is 10.1 Å². The third-order valence-electron chi connectivity index (χ3n) is 3.18. The first-order chi connectivity index (χ1) is 7.29. The van der Waals surface area contributed by atoms with Gasteiger partial charge in [0.25, 0.3) is 0 Å². The van der Waals surface area contributed by atoms with Crippen LogP contribution in [-0.2, 0) is 0 Å². The molecule has 1 aliphatic rings. The number of nitrogens with one attached hydrogen (secondary N) is 1. The molecule has 2 heteroatoms. The summed E-state index contributed by atoms with van der Waals surface area (Å²) in [6.45, 7) is 2.22. The third-order valence-corrected chi connectivity index (χ3v) is 3.18. The van der Waals surface area contributed by atoms with Gasteiger partial charge in [0.15, 0.2) is 0 Å². The molecule has 2 rings (SSSR count). The average molecular weight is 205 g/mol. The van der Waals surface area contributed by atoms with Crippen molar-refractivity contribution < 1.29 is 4.74 Å². The summed E-state index contributed by atoms with van der Waals surface area (Å²) in [6, 6.07) is 9.44. The predicted molar refractivity (Wildman–Crippen MR) is 62.2 cm³/mol. The summed E-state index contributed by atoms with van der Waals surface area (Å²) in [5.74, 6) is 0.940. The van der Waals surface area contributed by atoms with Gasteiger partial charge in [-0.15, -0.1) is 0 Å². The Morgan fingerprint density at radius 1 is 1.40 bits per heavy atom. The Balaban J connectivity index is 1.99. The minimum atomic E-state index is 0.422. The lowest BCUT2D eigenvalue weighted by Crippen LogP contribution is -2.36. The van der Waals surface area contributed by atoms with E-state index in [1.54, 1.807) is 7.11 Å². The molecule has 1 aromatic carbocycles. The molecule has 82 valence electrons. The lowest BCUT2D eigenvalue weighted by atomic mass is 9.92. The highest BCUT2D eigenvalue weighted by Crippen LogP contribution is 2.24. The summed E-state index contributed by atoms with van der Waals surface area (Å²) in [5.41, 5.74) is 1.31. The summed E-state index contributed by atoms with van der Waals surface area (Å²) in [5, 5.41) is 3.63. The Bertz CT molecular complexity index is 320. The highest BCUT2D eigenvalue weighted by molar-refractivity contribution is 5.30. The van der Waals surface area contributed by atoms with Gasteiger partial charge >= 0.3 is 0 Å². The topological polar surface area (TPSA) is 21.3 Å². The Morgan fingerprint density at radius 2 is 2.20 bits per heavy atom. The van der Waals surface area contributed by atoms with E-state index in [0.29, 0.717) is 6.04 Å². The van der Waals surface area contributed by atoms with Crippen LogP contribution in [0.2, 0.25) is 0 Å². The van der Waals surface area contributed by atoms with E-state index in [0.717, 1.165) is 11.8 Å². The van der Waals surface area contributed by atoms with Gasteiger partial charge in [-0.1, -0.05) is 18.6 Å². The second-order valence-electron chi connectivity index (χ2n) is 4.29. The Morgan fingerprint density at radius 3 is 2.80 bits per heavy atom. The molecule has 0 spiro atoms. The van der Waals surface area contributed by atoms with Gasteiger partial charge in [0.1, 0.15) is 5.75 Å². The van der Waals surface area contributed by atoms with Gasteiger partial charge in [-0.2, -0.15) is 0 Å². The molecule has 2 nitrogen and oxygen atoms in total. The molecule has 0 aromatic heterocycles. The highest BCUT2D eigenvalue weighted by atomic mass is 16.5. The number of hydrogen-bond donors (Lipinski definition) is 1. The van der Waals surface area contributed by atoms with Crippen LogP contribution in [0.1, 0.15) is 37.8 Å². The molecule has 1 unspecified atom stereocenters. The maximum atomic E-state index is 5.22. The lowest BCUT2D eigenvalue weighted by Gasteiger charge is -2.30. The minimum Gasteiger partial charge on any atom is -0.497 e. The molecule has 1 aliphatic carbocycles. The van der Waals surface area contributed by atoms with Crippen molar-refractivity contribution in [3.8, 4) is 5.75 Å². The van der Waals surface area contributed by atoms with Crippen molar-refractivity contribution in [1.29, 1.82) is 0 Å². The molecule has 1 N–H and O–H groups in total. The van der Waals surface area contributed by atoms with E-state index in [9.17, 15) is 0 Å². The fourth-order valence-corrected chi connectivity index (χ4v) is 1.94. The van der Waals surface area contributed by atoms with Gasteiger partial charge in [0.2, 0.25) is 0 Å². The summed E-state index contributed by atoms with van der Waals surface area (Å²) in [6.07, 6.45) is 4.03. The van der Waals surface area contributed by atoms with Crippen LogP contribution >= 0.6 is 0 Å². The van der Waals surface area contributed by atoms with Crippen LogP contribution in [0.3, 0.4) is 0 Å². The van der Waals surface area contributed by atoms with Crippen LogP contribution in [-0.4, -0.2) is 13.2 Å². The highest BCUT2D eigenvalue weighted by Gasteiger charge is 2.19. The zero-order valence-electron chi connectivity index (χ0n) is 9.49. The van der Waals surface area contributed by atoms with Crippen LogP contribution in [0.4, 0.5) is 0 Å². The second-order valence-corrected chi connectivity index (χ2v) is 4.29. The molecule has 0 aliphatic heterocycles. The van der Waals surface area contributed by atoms with Crippen molar-refractivity contribution >= 4 is 0 Å². The van der Waals surface area contributed by atoms with Crippen molar-refractivity contribution in [1.82, 2.24) is 5.32 Å². The first-order valence-corrected chi connectivity index (χ1v) is 5.69. The molecule has 1 atom stereocenters. The quantitative estimate of drug-likeness (QED) is 0.816. The fraction of sp³-hybridized carbons (Fsp3) is 0.538. The summed E-state index contributed by atoms with van der Waals surface area (Å²) >= 11 is 0. The van der Waals surface area contributed by atoms with Gasteiger partial charge in [-0.3, -0.25) is 0 Å². The predicted octanol–water partition coefficient (Wildman–Crippen LogP) is 2.90. The number of ether oxygens (including phenoxy) is 1. The largest absolute Gasteiger partial charge is 0.497 e. The molecule has 0 amide bonds. The summed E-state index contributed by atoms with van der Waals surface area (Å²) < 4.78 is 5.22. The molecule has 1 fully saturated rings. The normalized spacial score (nSPS) is 18.3. The van der Waals surface area contributed by atoms with Crippen LogP contribution in [0, 0.1) is 0 Å². The molecule has 1 aromatic rings. The van der Waals surface area contributed by atoms with Gasteiger partial charge in [0.05, 0.1) is 7.11 Å². The van der Waals surface area contributed by atoms with Crippen LogP contribution < -0.4 is 10.1 Å². The molecule has 0 radical (unpaired) electrons.